The number of amides is 1. The third kappa shape index (κ3) is 4.40. The van der Waals surface area contributed by atoms with Crippen LogP contribution in [0.15, 0.2) is 40.9 Å². The Kier molecular flexibility index (Phi) is 5.76. The third-order valence-electron chi connectivity index (χ3n) is 5.47. The highest BCUT2D eigenvalue weighted by atomic mass is 79.9. The predicted octanol–water partition coefficient (Wildman–Crippen LogP) is 4.80. The van der Waals surface area contributed by atoms with Gasteiger partial charge in [0.15, 0.2) is 0 Å². The number of halogens is 1. The molecule has 2 unspecified atom stereocenters. The molecular formula is C22H24BrN3O3. The summed E-state index contributed by atoms with van der Waals surface area (Å²) < 4.78 is 11.6. The molecule has 2 N–H and O–H groups in total. The molecule has 0 bridgehead atoms. The molecule has 1 aliphatic rings. The van der Waals surface area contributed by atoms with E-state index in [0.29, 0.717) is 23.0 Å². The highest BCUT2D eigenvalue weighted by molar-refractivity contribution is 9.10. The second-order valence-corrected chi connectivity index (χ2v) is 8.33. The summed E-state index contributed by atoms with van der Waals surface area (Å²) in [7, 11) is 3.15. The Balaban J connectivity index is 1.47. The zero-order valence-electron chi connectivity index (χ0n) is 16.5. The van der Waals surface area contributed by atoms with Gasteiger partial charge in [-0.05, 0) is 49.6 Å². The van der Waals surface area contributed by atoms with E-state index < -0.39 is 0 Å². The van der Waals surface area contributed by atoms with E-state index in [-0.39, 0.29) is 11.9 Å². The first kappa shape index (κ1) is 19.8. The summed E-state index contributed by atoms with van der Waals surface area (Å²) in [6.45, 7) is 0. The van der Waals surface area contributed by atoms with Crippen molar-refractivity contribution >= 4 is 32.9 Å². The van der Waals surface area contributed by atoms with Crippen LogP contribution in [0.1, 0.15) is 47.8 Å². The number of hydrogen-bond acceptors (Lipinski definition) is 4. The number of ether oxygens (including phenoxy) is 2. The summed E-state index contributed by atoms with van der Waals surface area (Å²) in [5, 5.41) is 3.18. The number of H-pyrrole nitrogens is 1. The lowest BCUT2D eigenvalue weighted by atomic mass is 9.85. The molecule has 2 aromatic carbocycles. The number of carbonyl (C=O) groups excluding carboxylic acids is 1. The van der Waals surface area contributed by atoms with Gasteiger partial charge in [0.05, 0.1) is 25.3 Å². The van der Waals surface area contributed by atoms with Gasteiger partial charge in [0.25, 0.3) is 5.91 Å². The van der Waals surface area contributed by atoms with Gasteiger partial charge in [-0.25, -0.2) is 4.98 Å². The summed E-state index contributed by atoms with van der Waals surface area (Å²) >= 11 is 3.50. The minimum absolute atomic E-state index is 0.110. The van der Waals surface area contributed by atoms with Crippen molar-refractivity contribution in [2.75, 3.05) is 14.2 Å². The minimum Gasteiger partial charge on any atom is -0.497 e. The van der Waals surface area contributed by atoms with Crippen molar-refractivity contribution < 1.29 is 14.3 Å². The van der Waals surface area contributed by atoms with Gasteiger partial charge in [-0.2, -0.15) is 0 Å². The second-order valence-electron chi connectivity index (χ2n) is 7.42. The maximum absolute atomic E-state index is 12.8. The fourth-order valence-corrected chi connectivity index (χ4v) is 4.33. The van der Waals surface area contributed by atoms with Crippen LogP contribution in [0.25, 0.3) is 11.0 Å². The number of rotatable bonds is 5. The van der Waals surface area contributed by atoms with Crippen molar-refractivity contribution in [2.45, 2.75) is 37.6 Å². The number of hydrogen-bond donors (Lipinski definition) is 2. The van der Waals surface area contributed by atoms with E-state index >= 15 is 0 Å². The second kappa shape index (κ2) is 8.45. The standard InChI is InChI=1S/C22H24BrN3O3/c1-28-17-9-14(10-18(12-17)29-2)22(27)24-16-5-3-4-13(8-16)21-25-19-7-6-15(23)11-20(19)26-21/h6-7,9-13,16H,3-5,8H2,1-2H3,(H,24,27)(H,25,26). The molecule has 29 heavy (non-hydrogen) atoms. The van der Waals surface area contributed by atoms with Gasteiger partial charge in [0, 0.05) is 28.1 Å². The molecule has 1 saturated carbocycles. The van der Waals surface area contributed by atoms with E-state index in [1.54, 1.807) is 32.4 Å². The normalized spacial score (nSPS) is 19.1. The average Bonchev–Trinajstić information content (AvgIpc) is 3.16. The number of methoxy groups -OCH3 is 2. The van der Waals surface area contributed by atoms with Crippen LogP contribution in [0.2, 0.25) is 0 Å². The number of nitrogens with zero attached hydrogens (tertiary/aromatic N) is 1. The molecule has 4 rings (SSSR count). The molecule has 7 heteroatoms. The SMILES string of the molecule is COc1cc(OC)cc(C(=O)NC2CCCC(c3nc4ccc(Br)cc4[nH]3)C2)c1. The largest absolute Gasteiger partial charge is 0.497 e. The van der Waals surface area contributed by atoms with Crippen LogP contribution in [-0.2, 0) is 0 Å². The lowest BCUT2D eigenvalue weighted by Crippen LogP contribution is -2.38. The third-order valence-corrected chi connectivity index (χ3v) is 5.97. The zero-order chi connectivity index (χ0) is 20.4. The molecule has 0 saturated heterocycles. The first-order chi connectivity index (χ1) is 14.1. The lowest BCUT2D eigenvalue weighted by Gasteiger charge is -2.28. The van der Waals surface area contributed by atoms with Crippen LogP contribution >= 0.6 is 15.9 Å². The summed E-state index contributed by atoms with van der Waals surface area (Å²) in [5.74, 6) is 2.40. The van der Waals surface area contributed by atoms with Crippen molar-refractivity contribution in [3.05, 3.63) is 52.3 Å². The summed E-state index contributed by atoms with van der Waals surface area (Å²) in [4.78, 5) is 21.0. The number of aromatic nitrogens is 2. The smallest absolute Gasteiger partial charge is 0.251 e. The number of fused-ring (bicyclic) bond motifs is 1. The van der Waals surface area contributed by atoms with Gasteiger partial charge in [-0.15, -0.1) is 0 Å². The fourth-order valence-electron chi connectivity index (χ4n) is 3.97. The van der Waals surface area contributed by atoms with Gasteiger partial charge >= 0.3 is 0 Å². The van der Waals surface area contributed by atoms with Crippen LogP contribution in [0.4, 0.5) is 0 Å². The Morgan fingerprint density at radius 3 is 2.62 bits per heavy atom. The van der Waals surface area contributed by atoms with E-state index in [4.69, 9.17) is 14.5 Å². The Morgan fingerprint density at radius 2 is 1.90 bits per heavy atom. The molecule has 0 spiro atoms. The number of imidazole rings is 1. The molecule has 1 amide bonds. The highest BCUT2D eigenvalue weighted by Crippen LogP contribution is 2.33. The molecule has 1 aliphatic carbocycles. The fraction of sp³-hybridized carbons (Fsp3) is 0.364. The van der Waals surface area contributed by atoms with E-state index in [1.807, 2.05) is 18.2 Å². The molecule has 6 nitrogen and oxygen atoms in total. The number of benzene rings is 2. The van der Waals surface area contributed by atoms with Crippen LogP contribution < -0.4 is 14.8 Å². The van der Waals surface area contributed by atoms with Crippen molar-refractivity contribution in [3.8, 4) is 11.5 Å². The quantitative estimate of drug-likeness (QED) is 0.576. The number of carbonyl (C=O) groups is 1. The van der Waals surface area contributed by atoms with E-state index in [1.165, 1.54) is 0 Å². The lowest BCUT2D eigenvalue weighted by molar-refractivity contribution is 0.0924. The molecule has 152 valence electrons. The van der Waals surface area contributed by atoms with Crippen LogP contribution in [0.3, 0.4) is 0 Å². The van der Waals surface area contributed by atoms with Crippen LogP contribution in [0.5, 0.6) is 11.5 Å². The van der Waals surface area contributed by atoms with Crippen molar-refractivity contribution in [1.82, 2.24) is 15.3 Å². The van der Waals surface area contributed by atoms with E-state index in [9.17, 15) is 4.79 Å². The molecule has 1 aromatic heterocycles. The maximum atomic E-state index is 12.8. The van der Waals surface area contributed by atoms with Crippen molar-refractivity contribution in [1.29, 1.82) is 0 Å². The van der Waals surface area contributed by atoms with E-state index in [0.717, 1.165) is 47.0 Å². The summed E-state index contributed by atoms with van der Waals surface area (Å²) in [6, 6.07) is 11.4. The predicted molar refractivity (Wildman–Crippen MR) is 116 cm³/mol. The van der Waals surface area contributed by atoms with Crippen molar-refractivity contribution in [3.63, 3.8) is 0 Å². The topological polar surface area (TPSA) is 76.2 Å². The van der Waals surface area contributed by atoms with Crippen LogP contribution in [-0.4, -0.2) is 36.1 Å². The summed E-state index contributed by atoms with van der Waals surface area (Å²) in [6.07, 6.45) is 3.96. The molecule has 1 heterocycles. The highest BCUT2D eigenvalue weighted by Gasteiger charge is 2.27. The number of aromatic amines is 1. The molecule has 0 aliphatic heterocycles. The van der Waals surface area contributed by atoms with Gasteiger partial charge in [-0.1, -0.05) is 22.4 Å². The van der Waals surface area contributed by atoms with Crippen molar-refractivity contribution in [2.24, 2.45) is 0 Å². The molecule has 0 radical (unpaired) electrons. The first-order valence-electron chi connectivity index (χ1n) is 9.75. The van der Waals surface area contributed by atoms with Gasteiger partial charge in [-0.3, -0.25) is 4.79 Å². The Bertz CT molecular complexity index is 1010. The molecular weight excluding hydrogens is 434 g/mol. The van der Waals surface area contributed by atoms with Gasteiger partial charge in [0.2, 0.25) is 0 Å². The minimum atomic E-state index is -0.110. The molecule has 1 fully saturated rings. The Morgan fingerprint density at radius 1 is 1.14 bits per heavy atom. The monoisotopic (exact) mass is 457 g/mol. The summed E-state index contributed by atoms with van der Waals surface area (Å²) in [5.41, 5.74) is 2.54. The van der Waals surface area contributed by atoms with Gasteiger partial charge < -0.3 is 19.8 Å². The molecule has 2 atom stereocenters. The zero-order valence-corrected chi connectivity index (χ0v) is 18.1. The average molecular weight is 458 g/mol. The Labute approximate surface area is 178 Å². The number of nitrogens with one attached hydrogen (secondary N) is 2. The van der Waals surface area contributed by atoms with E-state index in [2.05, 4.69) is 26.2 Å². The molecule has 3 aromatic rings. The Hall–Kier alpha value is -2.54. The van der Waals surface area contributed by atoms with Crippen LogP contribution in [0, 0.1) is 0 Å². The van der Waals surface area contributed by atoms with Gasteiger partial charge in [0.1, 0.15) is 17.3 Å². The maximum Gasteiger partial charge on any atom is 0.251 e. The first-order valence-corrected chi connectivity index (χ1v) is 10.5.